The topological polar surface area (TPSA) is 91.2 Å². The monoisotopic (exact) mass is 358 g/mol. The van der Waals surface area contributed by atoms with Crippen molar-refractivity contribution < 1.29 is 10.2 Å². The van der Waals surface area contributed by atoms with Gasteiger partial charge in [0, 0.05) is 29.8 Å². The van der Waals surface area contributed by atoms with Gasteiger partial charge in [0.1, 0.15) is 11.6 Å². The molecule has 27 heavy (non-hydrogen) atoms. The molecule has 2 heterocycles. The number of rotatable bonds is 5. The zero-order valence-corrected chi connectivity index (χ0v) is 14.5. The summed E-state index contributed by atoms with van der Waals surface area (Å²) in [5.74, 6) is 0.797. The lowest BCUT2D eigenvalue weighted by Crippen LogP contribution is -2.07. The standard InChI is InChI=1S/C21H18N4O2/c26-17-7-5-14(6-8-17)9-10-22-20-12-19(24-21(27)25-20)16-11-15-3-1-2-4-18(15)23-13-16/h1-8,11-13,26H,9-10H2,(H2,22,24,25,27). The molecule has 6 nitrogen and oxygen atoms in total. The van der Waals surface area contributed by atoms with Crippen LogP contribution in [-0.2, 0) is 6.42 Å². The summed E-state index contributed by atoms with van der Waals surface area (Å²) >= 11 is 0. The predicted octanol–water partition coefficient (Wildman–Crippen LogP) is 3.76. The van der Waals surface area contributed by atoms with E-state index in [2.05, 4.69) is 20.3 Å². The number of aromatic hydroxyl groups is 2. The lowest BCUT2D eigenvalue weighted by atomic mass is 10.1. The number of benzene rings is 2. The number of phenolic OH excluding ortho intramolecular Hbond substituents is 1. The molecule has 0 bridgehead atoms. The van der Waals surface area contributed by atoms with Crippen LogP contribution in [-0.4, -0.2) is 31.7 Å². The minimum Gasteiger partial charge on any atom is -0.508 e. The summed E-state index contributed by atoms with van der Waals surface area (Å²) < 4.78 is 0. The second-order valence-corrected chi connectivity index (χ2v) is 6.20. The van der Waals surface area contributed by atoms with Gasteiger partial charge in [-0.2, -0.15) is 9.97 Å². The summed E-state index contributed by atoms with van der Waals surface area (Å²) in [6.45, 7) is 0.636. The van der Waals surface area contributed by atoms with Crippen molar-refractivity contribution in [3.05, 3.63) is 72.4 Å². The number of hydrogen-bond donors (Lipinski definition) is 3. The number of pyridine rings is 1. The van der Waals surface area contributed by atoms with Gasteiger partial charge in [-0.25, -0.2) is 0 Å². The summed E-state index contributed by atoms with van der Waals surface area (Å²) in [5.41, 5.74) is 3.42. The van der Waals surface area contributed by atoms with Crippen LogP contribution >= 0.6 is 0 Å². The Kier molecular flexibility index (Phi) is 4.53. The maximum atomic E-state index is 9.90. The normalized spacial score (nSPS) is 10.8. The predicted molar refractivity (Wildman–Crippen MR) is 105 cm³/mol. The Balaban J connectivity index is 1.52. The summed E-state index contributed by atoms with van der Waals surface area (Å²) in [6, 6.07) is 18.4. The number of nitrogens with zero attached hydrogens (tertiary/aromatic N) is 3. The van der Waals surface area contributed by atoms with Gasteiger partial charge >= 0.3 is 6.01 Å². The highest BCUT2D eigenvalue weighted by molar-refractivity contribution is 5.83. The largest absolute Gasteiger partial charge is 0.508 e. The van der Waals surface area contributed by atoms with Gasteiger partial charge in [-0.05, 0) is 36.2 Å². The number of phenols is 1. The first-order valence-corrected chi connectivity index (χ1v) is 8.62. The van der Waals surface area contributed by atoms with Crippen LogP contribution in [0.25, 0.3) is 22.2 Å². The average molecular weight is 358 g/mol. The Morgan fingerprint density at radius 1 is 0.889 bits per heavy atom. The Bertz CT molecular complexity index is 1080. The van der Waals surface area contributed by atoms with Crippen molar-refractivity contribution in [2.24, 2.45) is 0 Å². The van der Waals surface area contributed by atoms with E-state index in [0.29, 0.717) is 18.1 Å². The molecule has 0 aliphatic heterocycles. The molecule has 0 fully saturated rings. The molecule has 4 rings (SSSR count). The number of anilines is 1. The first kappa shape index (κ1) is 16.8. The van der Waals surface area contributed by atoms with Crippen LogP contribution in [0.2, 0.25) is 0 Å². The Labute approximate surface area is 156 Å². The molecule has 6 heteroatoms. The number of nitrogens with one attached hydrogen (secondary N) is 1. The molecule has 0 unspecified atom stereocenters. The molecule has 0 saturated carbocycles. The molecule has 0 atom stereocenters. The van der Waals surface area contributed by atoms with Gasteiger partial charge in [0.2, 0.25) is 0 Å². The molecule has 0 radical (unpaired) electrons. The van der Waals surface area contributed by atoms with Gasteiger partial charge in [-0.15, -0.1) is 0 Å². The first-order valence-electron chi connectivity index (χ1n) is 8.62. The van der Waals surface area contributed by atoms with E-state index in [4.69, 9.17) is 0 Å². The Morgan fingerprint density at radius 3 is 2.56 bits per heavy atom. The van der Waals surface area contributed by atoms with Gasteiger partial charge in [-0.1, -0.05) is 30.3 Å². The lowest BCUT2D eigenvalue weighted by Gasteiger charge is -2.09. The maximum absolute atomic E-state index is 9.90. The van der Waals surface area contributed by atoms with E-state index >= 15 is 0 Å². The van der Waals surface area contributed by atoms with Gasteiger partial charge < -0.3 is 15.5 Å². The first-order chi connectivity index (χ1) is 13.2. The molecule has 134 valence electrons. The maximum Gasteiger partial charge on any atom is 0.316 e. The third-order valence-electron chi connectivity index (χ3n) is 4.26. The Hall–Kier alpha value is -3.67. The van der Waals surface area contributed by atoms with Crippen molar-refractivity contribution in [1.29, 1.82) is 0 Å². The van der Waals surface area contributed by atoms with Crippen molar-refractivity contribution >= 4 is 16.7 Å². The smallest absolute Gasteiger partial charge is 0.316 e. The van der Waals surface area contributed by atoms with E-state index in [1.54, 1.807) is 24.4 Å². The van der Waals surface area contributed by atoms with Gasteiger partial charge in [-0.3, -0.25) is 4.98 Å². The summed E-state index contributed by atoms with van der Waals surface area (Å²) in [4.78, 5) is 12.6. The highest BCUT2D eigenvalue weighted by Crippen LogP contribution is 2.24. The van der Waals surface area contributed by atoms with E-state index in [1.165, 1.54) is 0 Å². The summed E-state index contributed by atoms with van der Waals surface area (Å²) in [6.07, 6.45) is 2.50. The van der Waals surface area contributed by atoms with Gasteiger partial charge in [0.05, 0.1) is 11.2 Å². The van der Waals surface area contributed by atoms with E-state index < -0.39 is 0 Å². The quantitative estimate of drug-likeness (QED) is 0.503. The van der Waals surface area contributed by atoms with Crippen LogP contribution in [0.5, 0.6) is 11.8 Å². The number of hydrogen-bond acceptors (Lipinski definition) is 6. The van der Waals surface area contributed by atoms with Crippen LogP contribution in [0.15, 0.2) is 66.9 Å². The molecule has 0 aliphatic rings. The Morgan fingerprint density at radius 2 is 1.70 bits per heavy atom. The fourth-order valence-corrected chi connectivity index (χ4v) is 2.88. The molecule has 3 N–H and O–H groups in total. The third-order valence-corrected chi connectivity index (χ3v) is 4.26. The minimum atomic E-state index is -0.284. The lowest BCUT2D eigenvalue weighted by molar-refractivity contribution is 0.432. The molecule has 0 aliphatic carbocycles. The summed E-state index contributed by atoms with van der Waals surface area (Å²) in [7, 11) is 0. The van der Waals surface area contributed by atoms with Gasteiger partial charge in [0.25, 0.3) is 0 Å². The van der Waals surface area contributed by atoms with E-state index in [-0.39, 0.29) is 11.8 Å². The highest BCUT2D eigenvalue weighted by atomic mass is 16.3. The second-order valence-electron chi connectivity index (χ2n) is 6.20. The molecular formula is C21H18N4O2. The number of para-hydroxylation sites is 1. The number of aromatic nitrogens is 3. The van der Waals surface area contributed by atoms with Crippen LogP contribution < -0.4 is 5.32 Å². The summed E-state index contributed by atoms with van der Waals surface area (Å²) in [5, 5.41) is 23.4. The van der Waals surface area contributed by atoms with Crippen molar-refractivity contribution in [1.82, 2.24) is 15.0 Å². The zero-order valence-electron chi connectivity index (χ0n) is 14.5. The average Bonchev–Trinajstić information content (AvgIpc) is 2.69. The third kappa shape index (κ3) is 3.95. The second kappa shape index (κ2) is 7.29. The molecule has 4 aromatic rings. The van der Waals surface area contributed by atoms with Crippen molar-refractivity contribution in [3.8, 4) is 23.0 Å². The van der Waals surface area contributed by atoms with Crippen molar-refractivity contribution in [2.75, 3.05) is 11.9 Å². The molecule has 0 saturated heterocycles. The molecular weight excluding hydrogens is 340 g/mol. The SMILES string of the molecule is Oc1ccc(CCNc2cc(-c3cnc4ccccc4c3)nc(O)n2)cc1. The minimum absolute atomic E-state index is 0.251. The van der Waals surface area contributed by atoms with Crippen molar-refractivity contribution in [2.45, 2.75) is 6.42 Å². The van der Waals surface area contributed by atoms with Crippen LogP contribution in [0.4, 0.5) is 5.82 Å². The van der Waals surface area contributed by atoms with Crippen LogP contribution in [0, 0.1) is 0 Å². The molecule has 2 aromatic heterocycles. The van der Waals surface area contributed by atoms with E-state index in [1.807, 2.05) is 42.5 Å². The van der Waals surface area contributed by atoms with Crippen LogP contribution in [0.3, 0.4) is 0 Å². The van der Waals surface area contributed by atoms with Crippen LogP contribution in [0.1, 0.15) is 5.56 Å². The number of fused-ring (bicyclic) bond motifs is 1. The van der Waals surface area contributed by atoms with E-state index in [0.717, 1.165) is 28.5 Å². The zero-order chi connectivity index (χ0) is 18.6. The highest BCUT2D eigenvalue weighted by Gasteiger charge is 2.07. The molecule has 2 aromatic carbocycles. The fourth-order valence-electron chi connectivity index (χ4n) is 2.88. The van der Waals surface area contributed by atoms with E-state index in [9.17, 15) is 10.2 Å². The molecule has 0 spiro atoms. The van der Waals surface area contributed by atoms with Gasteiger partial charge in [0.15, 0.2) is 0 Å². The van der Waals surface area contributed by atoms with Crippen molar-refractivity contribution in [3.63, 3.8) is 0 Å². The fraction of sp³-hybridized carbons (Fsp3) is 0.0952. The molecule has 0 amide bonds.